The van der Waals surface area contributed by atoms with Gasteiger partial charge in [0.15, 0.2) is 0 Å². The van der Waals surface area contributed by atoms with Crippen molar-refractivity contribution in [3.05, 3.63) is 23.4 Å². The molecule has 0 saturated heterocycles. The van der Waals surface area contributed by atoms with Crippen molar-refractivity contribution in [2.24, 2.45) is 0 Å². The minimum Gasteiger partial charge on any atom is -0.354 e. The van der Waals surface area contributed by atoms with Gasteiger partial charge in [-0.2, -0.15) is 40.0 Å². The summed E-state index contributed by atoms with van der Waals surface area (Å²) in [5.74, 6) is -1.60. The molecule has 0 aromatic carbocycles. The van der Waals surface area contributed by atoms with Crippen LogP contribution in [-0.4, -0.2) is 18.9 Å². The molecule has 0 bridgehead atoms. The number of hydrogen-bond acceptors (Lipinski definition) is 5. The Bertz CT molecular complexity index is 658. The van der Waals surface area contributed by atoms with E-state index in [1.165, 1.54) is 0 Å². The number of hydrogen-bond donors (Lipinski definition) is 0. The van der Waals surface area contributed by atoms with E-state index in [2.05, 4.69) is 9.17 Å². The fourth-order valence-electron chi connectivity index (χ4n) is 0.898. The van der Waals surface area contributed by atoms with Gasteiger partial charge < -0.3 is 4.18 Å². The van der Waals surface area contributed by atoms with Crippen LogP contribution in [0.1, 0.15) is 11.3 Å². The first kappa shape index (κ1) is 16.0. The van der Waals surface area contributed by atoms with Crippen LogP contribution < -0.4 is 4.18 Å². The Hall–Kier alpha value is -2.03. The van der Waals surface area contributed by atoms with E-state index in [1.54, 1.807) is 0 Å². The average Bonchev–Trinajstić information content (AvgIpc) is 2.25. The predicted molar refractivity (Wildman–Crippen MR) is 49.6 cm³/mol. The fraction of sp³-hybridized carbons (Fsp3) is 0.250. The third-order valence-electron chi connectivity index (χ3n) is 1.74. The third kappa shape index (κ3) is 3.29. The number of halogens is 6. The lowest BCUT2D eigenvalue weighted by Crippen LogP contribution is -2.29. The molecule has 0 saturated carbocycles. The SMILES string of the molecule is N#Cc1ccc(C(F)(F)F)nc1OS(=O)(=O)C(F)(F)F. The molecule has 0 aliphatic rings. The van der Waals surface area contributed by atoms with Gasteiger partial charge in [0.1, 0.15) is 17.3 Å². The largest absolute Gasteiger partial charge is 0.534 e. The smallest absolute Gasteiger partial charge is 0.354 e. The zero-order valence-corrected chi connectivity index (χ0v) is 9.77. The molecule has 0 unspecified atom stereocenters. The first-order valence-corrected chi connectivity index (χ1v) is 5.78. The molecule has 110 valence electrons. The molecular formula is C8H2F6N2O3S. The Morgan fingerprint density at radius 3 is 2.10 bits per heavy atom. The van der Waals surface area contributed by atoms with Crippen molar-refractivity contribution in [3.8, 4) is 11.9 Å². The van der Waals surface area contributed by atoms with Crippen molar-refractivity contribution in [1.29, 1.82) is 5.26 Å². The van der Waals surface area contributed by atoms with Crippen LogP contribution in [0.2, 0.25) is 0 Å². The van der Waals surface area contributed by atoms with E-state index in [9.17, 15) is 34.8 Å². The van der Waals surface area contributed by atoms with Crippen LogP contribution in [0.15, 0.2) is 12.1 Å². The summed E-state index contributed by atoms with van der Waals surface area (Å²) in [5.41, 5.74) is -8.47. The standard InChI is InChI=1S/C8H2F6N2O3S/c9-7(10,11)5-2-1-4(3-15)6(16-5)19-20(17,18)8(12,13)14/h1-2H. The van der Waals surface area contributed by atoms with Crippen molar-refractivity contribution >= 4 is 10.1 Å². The zero-order chi connectivity index (χ0) is 15.8. The summed E-state index contributed by atoms with van der Waals surface area (Å²) in [6, 6.07) is 1.90. The van der Waals surface area contributed by atoms with Crippen LogP contribution in [-0.2, 0) is 16.3 Å². The van der Waals surface area contributed by atoms with Gasteiger partial charge in [0.2, 0.25) is 0 Å². The van der Waals surface area contributed by atoms with Crippen molar-refractivity contribution in [2.45, 2.75) is 11.7 Å². The van der Waals surface area contributed by atoms with Gasteiger partial charge in [-0.25, -0.2) is 4.98 Å². The maximum atomic E-state index is 12.3. The molecule has 0 N–H and O–H groups in total. The summed E-state index contributed by atoms with van der Waals surface area (Å²) in [7, 11) is -6.23. The van der Waals surface area contributed by atoms with Crippen LogP contribution >= 0.6 is 0 Å². The molecule has 0 radical (unpaired) electrons. The number of rotatable bonds is 2. The van der Waals surface area contributed by atoms with Gasteiger partial charge in [0, 0.05) is 0 Å². The third-order valence-corrected chi connectivity index (χ3v) is 2.69. The lowest BCUT2D eigenvalue weighted by atomic mass is 10.2. The van der Waals surface area contributed by atoms with E-state index >= 15 is 0 Å². The van der Waals surface area contributed by atoms with Crippen LogP contribution in [0.4, 0.5) is 26.3 Å². The minimum atomic E-state index is -6.23. The molecule has 0 aliphatic heterocycles. The second-order valence-electron chi connectivity index (χ2n) is 3.14. The normalized spacial score (nSPS) is 12.8. The van der Waals surface area contributed by atoms with Gasteiger partial charge in [0.05, 0.1) is 0 Å². The van der Waals surface area contributed by atoms with Gasteiger partial charge in [-0.3, -0.25) is 0 Å². The van der Waals surface area contributed by atoms with Gasteiger partial charge in [-0.15, -0.1) is 0 Å². The molecule has 5 nitrogen and oxygen atoms in total. The van der Waals surface area contributed by atoms with Crippen molar-refractivity contribution in [3.63, 3.8) is 0 Å². The quantitative estimate of drug-likeness (QED) is 0.474. The molecule has 0 amide bonds. The Labute approximate surface area is 107 Å². The van der Waals surface area contributed by atoms with E-state index in [-0.39, 0.29) is 0 Å². The number of nitriles is 1. The summed E-state index contributed by atoms with van der Waals surface area (Å²) in [5, 5.41) is 8.48. The van der Waals surface area contributed by atoms with E-state index in [4.69, 9.17) is 5.26 Å². The van der Waals surface area contributed by atoms with E-state index < -0.39 is 38.9 Å². The summed E-state index contributed by atoms with van der Waals surface area (Å²) in [6.07, 6.45) is -5.05. The lowest BCUT2D eigenvalue weighted by Gasteiger charge is -2.11. The summed E-state index contributed by atoms with van der Waals surface area (Å²) >= 11 is 0. The second kappa shape index (κ2) is 4.82. The first-order chi connectivity index (χ1) is 8.88. The van der Waals surface area contributed by atoms with Crippen LogP contribution in [0.5, 0.6) is 5.88 Å². The molecule has 1 aromatic heterocycles. The lowest BCUT2D eigenvalue weighted by molar-refractivity contribution is -0.141. The van der Waals surface area contributed by atoms with Crippen LogP contribution in [0.25, 0.3) is 0 Å². The van der Waals surface area contributed by atoms with E-state index in [0.29, 0.717) is 12.1 Å². The predicted octanol–water partition coefficient (Wildman–Crippen LogP) is 2.20. The maximum Gasteiger partial charge on any atom is 0.534 e. The number of pyridine rings is 1. The highest BCUT2D eigenvalue weighted by molar-refractivity contribution is 7.87. The summed E-state index contributed by atoms with van der Waals surface area (Å²) < 4.78 is 97.8. The van der Waals surface area contributed by atoms with Crippen LogP contribution in [0, 0.1) is 11.3 Å². The van der Waals surface area contributed by atoms with Gasteiger partial charge >= 0.3 is 21.8 Å². The Balaban J connectivity index is 3.35. The van der Waals surface area contributed by atoms with E-state index in [0.717, 1.165) is 6.07 Å². The van der Waals surface area contributed by atoms with Gasteiger partial charge in [-0.05, 0) is 12.1 Å². The molecule has 20 heavy (non-hydrogen) atoms. The molecule has 12 heteroatoms. The molecule has 0 spiro atoms. The van der Waals surface area contributed by atoms with Crippen LogP contribution in [0.3, 0.4) is 0 Å². The van der Waals surface area contributed by atoms with Crippen molar-refractivity contribution in [2.75, 3.05) is 0 Å². The monoisotopic (exact) mass is 320 g/mol. The average molecular weight is 320 g/mol. The van der Waals surface area contributed by atoms with E-state index in [1.807, 2.05) is 0 Å². The number of nitrogens with zero attached hydrogens (tertiary/aromatic N) is 2. The van der Waals surface area contributed by atoms with Gasteiger partial charge in [0.25, 0.3) is 5.88 Å². The highest BCUT2D eigenvalue weighted by Crippen LogP contribution is 2.32. The molecule has 1 rings (SSSR count). The second-order valence-corrected chi connectivity index (χ2v) is 4.68. The first-order valence-electron chi connectivity index (χ1n) is 4.37. The Morgan fingerprint density at radius 1 is 1.15 bits per heavy atom. The Kier molecular flexibility index (Phi) is 3.86. The number of alkyl halides is 6. The Morgan fingerprint density at radius 2 is 1.70 bits per heavy atom. The number of aromatic nitrogens is 1. The summed E-state index contributed by atoms with van der Waals surface area (Å²) in [4.78, 5) is 2.56. The van der Waals surface area contributed by atoms with Crippen molar-refractivity contribution < 1.29 is 38.9 Å². The topological polar surface area (TPSA) is 80.0 Å². The molecule has 0 atom stereocenters. The highest BCUT2D eigenvalue weighted by atomic mass is 32.2. The molecule has 1 heterocycles. The molecule has 1 aromatic rings. The van der Waals surface area contributed by atoms with Gasteiger partial charge in [-0.1, -0.05) is 0 Å². The zero-order valence-electron chi connectivity index (χ0n) is 8.95. The molecule has 0 fully saturated rings. The van der Waals surface area contributed by atoms with Crippen molar-refractivity contribution in [1.82, 2.24) is 4.98 Å². The molecular weight excluding hydrogens is 318 g/mol. The highest BCUT2D eigenvalue weighted by Gasteiger charge is 2.49. The fourth-order valence-corrected chi connectivity index (χ4v) is 1.33. The summed E-state index contributed by atoms with van der Waals surface area (Å²) in [6.45, 7) is 0. The minimum absolute atomic E-state index is 0.297. The maximum absolute atomic E-state index is 12.3. The molecule has 0 aliphatic carbocycles.